The summed E-state index contributed by atoms with van der Waals surface area (Å²) in [4.78, 5) is 17.1. The molecule has 3 nitrogen and oxygen atoms in total. The highest BCUT2D eigenvalue weighted by atomic mass is 35.5. The van der Waals surface area contributed by atoms with Gasteiger partial charge in [0.05, 0.1) is 6.42 Å². The highest BCUT2D eigenvalue weighted by molar-refractivity contribution is 6.31. The van der Waals surface area contributed by atoms with Gasteiger partial charge in [-0.1, -0.05) is 54.1 Å². The Labute approximate surface area is 174 Å². The van der Waals surface area contributed by atoms with E-state index in [1.54, 1.807) is 0 Å². The van der Waals surface area contributed by atoms with E-state index in [0.29, 0.717) is 17.4 Å². The standard InChI is InChI=1S/C24H31ClN2O/c1-19-8-3-4-10-21(19)13-15-27-14-7-9-20(18-27)17-26(2)24(28)16-22-11-5-6-12-23(22)25/h3-6,8,10-12,20H,7,9,13-18H2,1-2H3. The fourth-order valence-electron chi connectivity index (χ4n) is 4.10. The summed E-state index contributed by atoms with van der Waals surface area (Å²) >= 11 is 6.20. The minimum Gasteiger partial charge on any atom is -0.345 e. The summed E-state index contributed by atoms with van der Waals surface area (Å²) in [5.41, 5.74) is 3.72. The molecule has 2 aromatic rings. The zero-order valence-corrected chi connectivity index (χ0v) is 17.8. The van der Waals surface area contributed by atoms with Crippen molar-refractivity contribution in [2.45, 2.75) is 32.6 Å². The molecule has 0 aliphatic carbocycles. The van der Waals surface area contributed by atoms with E-state index < -0.39 is 0 Å². The van der Waals surface area contributed by atoms with Gasteiger partial charge in [0.15, 0.2) is 0 Å². The molecular weight excluding hydrogens is 368 g/mol. The summed E-state index contributed by atoms with van der Waals surface area (Å²) in [5, 5.41) is 0.671. The number of rotatable bonds is 7. The summed E-state index contributed by atoms with van der Waals surface area (Å²) in [5.74, 6) is 0.691. The van der Waals surface area contributed by atoms with Gasteiger partial charge in [-0.05, 0) is 61.4 Å². The molecule has 1 aliphatic rings. The third-order valence-corrected chi connectivity index (χ3v) is 6.19. The average molecular weight is 399 g/mol. The Balaban J connectivity index is 1.48. The number of hydrogen-bond donors (Lipinski definition) is 0. The van der Waals surface area contributed by atoms with Gasteiger partial charge in [0.25, 0.3) is 0 Å². The van der Waals surface area contributed by atoms with E-state index >= 15 is 0 Å². The minimum absolute atomic E-state index is 0.144. The van der Waals surface area contributed by atoms with E-state index in [0.717, 1.165) is 31.6 Å². The molecule has 4 heteroatoms. The molecule has 28 heavy (non-hydrogen) atoms. The Morgan fingerprint density at radius 2 is 1.86 bits per heavy atom. The quantitative estimate of drug-likeness (QED) is 0.680. The largest absolute Gasteiger partial charge is 0.345 e. The molecule has 2 aromatic carbocycles. The Bertz CT molecular complexity index is 792. The molecule has 0 N–H and O–H groups in total. The number of likely N-dealkylation sites (tertiary alicyclic amines) is 1. The zero-order valence-electron chi connectivity index (χ0n) is 17.0. The van der Waals surface area contributed by atoms with E-state index in [1.807, 2.05) is 36.2 Å². The van der Waals surface area contributed by atoms with Crippen molar-refractivity contribution in [1.29, 1.82) is 0 Å². The average Bonchev–Trinajstić information content (AvgIpc) is 2.69. The third-order valence-electron chi connectivity index (χ3n) is 5.82. The molecule has 0 aromatic heterocycles. The first-order valence-electron chi connectivity index (χ1n) is 10.3. The monoisotopic (exact) mass is 398 g/mol. The first-order valence-corrected chi connectivity index (χ1v) is 10.6. The van der Waals surface area contributed by atoms with E-state index in [-0.39, 0.29) is 5.91 Å². The lowest BCUT2D eigenvalue weighted by Gasteiger charge is -2.35. The smallest absolute Gasteiger partial charge is 0.226 e. The molecule has 1 atom stereocenters. The molecular formula is C24H31ClN2O. The number of carbonyl (C=O) groups is 1. The van der Waals surface area contributed by atoms with Gasteiger partial charge in [0, 0.05) is 31.7 Å². The van der Waals surface area contributed by atoms with Gasteiger partial charge in [-0.2, -0.15) is 0 Å². The maximum absolute atomic E-state index is 12.6. The fourth-order valence-corrected chi connectivity index (χ4v) is 4.30. The number of carbonyl (C=O) groups excluding carboxylic acids is 1. The van der Waals surface area contributed by atoms with Crippen molar-refractivity contribution in [3.05, 3.63) is 70.2 Å². The van der Waals surface area contributed by atoms with Gasteiger partial charge < -0.3 is 9.80 Å². The topological polar surface area (TPSA) is 23.6 Å². The minimum atomic E-state index is 0.144. The van der Waals surface area contributed by atoms with E-state index in [1.165, 1.54) is 30.5 Å². The Morgan fingerprint density at radius 1 is 1.14 bits per heavy atom. The van der Waals surface area contributed by atoms with E-state index in [4.69, 9.17) is 11.6 Å². The molecule has 1 unspecified atom stereocenters. The number of amides is 1. The molecule has 0 bridgehead atoms. The lowest BCUT2D eigenvalue weighted by atomic mass is 9.96. The van der Waals surface area contributed by atoms with Crippen LogP contribution in [0.25, 0.3) is 0 Å². The maximum Gasteiger partial charge on any atom is 0.226 e. The van der Waals surface area contributed by atoms with Crippen molar-refractivity contribution >= 4 is 17.5 Å². The van der Waals surface area contributed by atoms with Crippen molar-refractivity contribution < 1.29 is 4.79 Å². The highest BCUT2D eigenvalue weighted by Gasteiger charge is 2.23. The van der Waals surface area contributed by atoms with Gasteiger partial charge in [-0.3, -0.25) is 4.79 Å². The van der Waals surface area contributed by atoms with Crippen molar-refractivity contribution in [1.82, 2.24) is 9.80 Å². The number of likely N-dealkylation sites (N-methyl/N-ethyl adjacent to an activating group) is 1. The highest BCUT2D eigenvalue weighted by Crippen LogP contribution is 2.20. The van der Waals surface area contributed by atoms with Crippen molar-refractivity contribution in [3.8, 4) is 0 Å². The zero-order chi connectivity index (χ0) is 19.9. The normalized spacial score (nSPS) is 17.5. The predicted octanol–water partition coefficient (Wildman–Crippen LogP) is 4.60. The second-order valence-corrected chi connectivity index (χ2v) is 8.43. The van der Waals surface area contributed by atoms with Crippen LogP contribution in [0.15, 0.2) is 48.5 Å². The van der Waals surface area contributed by atoms with Crippen molar-refractivity contribution in [2.75, 3.05) is 33.2 Å². The Hall–Kier alpha value is -1.84. The number of aryl methyl sites for hydroxylation is 1. The molecule has 3 rings (SSSR count). The summed E-state index contributed by atoms with van der Waals surface area (Å²) < 4.78 is 0. The SMILES string of the molecule is Cc1ccccc1CCN1CCCC(CN(C)C(=O)Cc2ccccc2Cl)C1. The van der Waals surface area contributed by atoms with Crippen LogP contribution in [0.5, 0.6) is 0 Å². The molecule has 0 radical (unpaired) electrons. The van der Waals surface area contributed by atoms with Gasteiger partial charge in [0.2, 0.25) is 5.91 Å². The number of nitrogens with zero attached hydrogens (tertiary/aromatic N) is 2. The number of hydrogen-bond acceptors (Lipinski definition) is 2. The van der Waals surface area contributed by atoms with Gasteiger partial charge in [-0.25, -0.2) is 0 Å². The first kappa shape index (κ1) is 20.9. The van der Waals surface area contributed by atoms with Crippen LogP contribution in [0, 0.1) is 12.8 Å². The molecule has 1 amide bonds. The van der Waals surface area contributed by atoms with Crippen LogP contribution in [0.3, 0.4) is 0 Å². The lowest BCUT2D eigenvalue weighted by molar-refractivity contribution is -0.130. The maximum atomic E-state index is 12.6. The van der Waals surface area contributed by atoms with Crippen molar-refractivity contribution in [3.63, 3.8) is 0 Å². The van der Waals surface area contributed by atoms with Gasteiger partial charge in [0.1, 0.15) is 0 Å². The second-order valence-electron chi connectivity index (χ2n) is 8.03. The summed E-state index contributed by atoms with van der Waals surface area (Å²) in [6.45, 7) is 6.35. The van der Waals surface area contributed by atoms with Crippen molar-refractivity contribution in [2.24, 2.45) is 5.92 Å². The van der Waals surface area contributed by atoms with Crippen LogP contribution in [-0.2, 0) is 17.6 Å². The number of benzene rings is 2. The van der Waals surface area contributed by atoms with Gasteiger partial charge >= 0.3 is 0 Å². The van der Waals surface area contributed by atoms with Crippen LogP contribution in [0.4, 0.5) is 0 Å². The number of halogens is 1. The van der Waals surface area contributed by atoms with E-state index in [2.05, 4.69) is 36.1 Å². The van der Waals surface area contributed by atoms with Crippen LogP contribution < -0.4 is 0 Å². The summed E-state index contributed by atoms with van der Waals surface area (Å²) in [6.07, 6.45) is 3.89. The van der Waals surface area contributed by atoms with Gasteiger partial charge in [-0.15, -0.1) is 0 Å². The molecule has 1 fully saturated rings. The second kappa shape index (κ2) is 10.1. The van der Waals surface area contributed by atoms with Crippen LogP contribution >= 0.6 is 11.6 Å². The number of piperidine rings is 1. The summed E-state index contributed by atoms with van der Waals surface area (Å²) in [6, 6.07) is 16.3. The molecule has 0 saturated carbocycles. The first-order chi connectivity index (χ1) is 13.5. The van der Waals surface area contributed by atoms with Crippen LogP contribution in [0.2, 0.25) is 5.02 Å². The van der Waals surface area contributed by atoms with E-state index in [9.17, 15) is 4.79 Å². The third kappa shape index (κ3) is 5.83. The predicted molar refractivity (Wildman–Crippen MR) is 117 cm³/mol. The Morgan fingerprint density at radius 3 is 2.61 bits per heavy atom. The fraction of sp³-hybridized carbons (Fsp3) is 0.458. The molecule has 1 heterocycles. The molecule has 1 saturated heterocycles. The van der Waals surface area contributed by atoms with Crippen LogP contribution in [0.1, 0.15) is 29.5 Å². The summed E-state index contributed by atoms with van der Waals surface area (Å²) in [7, 11) is 1.92. The molecule has 1 aliphatic heterocycles. The molecule has 150 valence electrons. The van der Waals surface area contributed by atoms with Crippen LogP contribution in [-0.4, -0.2) is 48.9 Å². The lowest BCUT2D eigenvalue weighted by Crippen LogP contribution is -2.42. The Kier molecular flexibility index (Phi) is 7.52. The molecule has 0 spiro atoms.